The van der Waals surface area contributed by atoms with E-state index in [2.05, 4.69) is 15.4 Å². The average molecular weight is 300 g/mol. The summed E-state index contributed by atoms with van der Waals surface area (Å²) >= 11 is 2.43. The van der Waals surface area contributed by atoms with Crippen molar-refractivity contribution in [2.75, 3.05) is 11.7 Å². The summed E-state index contributed by atoms with van der Waals surface area (Å²) in [6.45, 7) is 0. The Morgan fingerprint density at radius 1 is 1.21 bits per heavy atom. The maximum absolute atomic E-state index is 13.6. The lowest BCUT2D eigenvalue weighted by Gasteiger charge is -2.06. The molecule has 0 aliphatic carbocycles. The molecule has 0 atom stereocenters. The molecule has 0 aliphatic heterocycles. The van der Waals surface area contributed by atoms with Gasteiger partial charge in [-0.05, 0) is 18.4 Å². The fourth-order valence-electron chi connectivity index (χ4n) is 1.29. The first kappa shape index (κ1) is 14.0. The molecule has 3 N–H and O–H groups in total. The SMILES string of the molecule is CSc1nc(NN)cc(Sc2ccc(F)cc2F)n1. The summed E-state index contributed by atoms with van der Waals surface area (Å²) in [6, 6.07) is 4.99. The van der Waals surface area contributed by atoms with Crippen molar-refractivity contribution in [3.05, 3.63) is 35.9 Å². The van der Waals surface area contributed by atoms with Crippen molar-refractivity contribution < 1.29 is 8.78 Å². The standard InChI is InChI=1S/C11H10F2N4S2/c1-18-11-15-9(17-14)5-10(16-11)19-8-3-2-6(12)4-7(8)13/h2-5H,14H2,1H3,(H,15,16,17). The van der Waals surface area contributed by atoms with Crippen molar-refractivity contribution in [2.45, 2.75) is 15.1 Å². The van der Waals surface area contributed by atoms with Crippen molar-refractivity contribution in [3.8, 4) is 0 Å². The number of hydrogen-bond donors (Lipinski definition) is 2. The summed E-state index contributed by atoms with van der Waals surface area (Å²) in [4.78, 5) is 8.60. The van der Waals surface area contributed by atoms with E-state index in [9.17, 15) is 8.78 Å². The molecular weight excluding hydrogens is 290 g/mol. The highest BCUT2D eigenvalue weighted by molar-refractivity contribution is 7.99. The van der Waals surface area contributed by atoms with Gasteiger partial charge >= 0.3 is 0 Å². The van der Waals surface area contributed by atoms with Gasteiger partial charge in [0, 0.05) is 17.0 Å². The molecule has 1 aromatic heterocycles. The molecule has 0 radical (unpaired) electrons. The van der Waals surface area contributed by atoms with Crippen molar-refractivity contribution in [1.82, 2.24) is 9.97 Å². The van der Waals surface area contributed by atoms with Crippen LogP contribution in [0.5, 0.6) is 0 Å². The zero-order chi connectivity index (χ0) is 13.8. The molecule has 0 unspecified atom stereocenters. The topological polar surface area (TPSA) is 63.8 Å². The minimum atomic E-state index is -0.628. The van der Waals surface area contributed by atoms with E-state index in [-0.39, 0.29) is 4.90 Å². The number of hydrogen-bond acceptors (Lipinski definition) is 6. The molecule has 2 rings (SSSR count). The van der Waals surface area contributed by atoms with Crippen molar-refractivity contribution >= 4 is 29.3 Å². The number of hydrazine groups is 1. The Balaban J connectivity index is 2.31. The van der Waals surface area contributed by atoms with Gasteiger partial charge in [-0.15, -0.1) is 0 Å². The number of halogens is 2. The van der Waals surface area contributed by atoms with Gasteiger partial charge in [0.05, 0.1) is 0 Å². The number of nitrogens with one attached hydrogen (secondary N) is 1. The van der Waals surface area contributed by atoms with Gasteiger partial charge in [-0.25, -0.2) is 24.6 Å². The van der Waals surface area contributed by atoms with Crippen LogP contribution in [0.4, 0.5) is 14.6 Å². The molecule has 19 heavy (non-hydrogen) atoms. The molecular formula is C11H10F2N4S2. The highest BCUT2D eigenvalue weighted by Crippen LogP contribution is 2.30. The van der Waals surface area contributed by atoms with E-state index in [0.29, 0.717) is 16.0 Å². The minimum Gasteiger partial charge on any atom is -0.308 e. The quantitative estimate of drug-likeness (QED) is 0.298. The highest BCUT2D eigenvalue weighted by Gasteiger charge is 2.09. The number of anilines is 1. The minimum absolute atomic E-state index is 0.287. The Bertz CT molecular complexity index is 573. The second kappa shape index (κ2) is 6.18. The van der Waals surface area contributed by atoms with Crippen LogP contribution in [0.15, 0.2) is 39.3 Å². The fraction of sp³-hybridized carbons (Fsp3) is 0.0909. The van der Waals surface area contributed by atoms with Crippen molar-refractivity contribution in [1.29, 1.82) is 0 Å². The van der Waals surface area contributed by atoms with E-state index < -0.39 is 11.6 Å². The largest absolute Gasteiger partial charge is 0.308 e. The third kappa shape index (κ3) is 3.55. The van der Waals surface area contributed by atoms with E-state index in [1.165, 1.54) is 23.9 Å². The Morgan fingerprint density at radius 2 is 2.00 bits per heavy atom. The lowest BCUT2D eigenvalue weighted by Crippen LogP contribution is -2.09. The van der Waals surface area contributed by atoms with E-state index in [0.717, 1.165) is 17.8 Å². The van der Waals surface area contributed by atoms with Gasteiger partial charge in [0.1, 0.15) is 22.5 Å². The van der Waals surface area contributed by atoms with Crippen LogP contribution in [0.1, 0.15) is 0 Å². The zero-order valence-corrected chi connectivity index (χ0v) is 11.5. The molecule has 0 saturated carbocycles. The Labute approximate surface area is 117 Å². The van der Waals surface area contributed by atoms with E-state index >= 15 is 0 Å². The van der Waals surface area contributed by atoms with Gasteiger partial charge in [-0.1, -0.05) is 23.5 Å². The summed E-state index contributed by atoms with van der Waals surface area (Å²) in [5.74, 6) is 4.50. The smallest absolute Gasteiger partial charge is 0.190 e. The van der Waals surface area contributed by atoms with Gasteiger partial charge < -0.3 is 5.43 Å². The molecule has 0 fully saturated rings. The van der Waals surface area contributed by atoms with Crippen LogP contribution in [0.25, 0.3) is 0 Å². The summed E-state index contributed by atoms with van der Waals surface area (Å²) in [5, 5.41) is 1.04. The molecule has 0 aliphatic rings. The molecule has 0 bridgehead atoms. The molecule has 1 aromatic carbocycles. The molecule has 0 amide bonds. The van der Waals surface area contributed by atoms with E-state index in [1.807, 2.05) is 6.26 Å². The average Bonchev–Trinajstić information content (AvgIpc) is 2.41. The van der Waals surface area contributed by atoms with Crippen molar-refractivity contribution in [3.63, 3.8) is 0 Å². The third-order valence-corrected chi connectivity index (χ3v) is 3.64. The van der Waals surface area contributed by atoms with Gasteiger partial charge in [-0.2, -0.15) is 0 Å². The van der Waals surface area contributed by atoms with Crippen LogP contribution in [0, 0.1) is 11.6 Å². The van der Waals surface area contributed by atoms with Crippen LogP contribution in [-0.2, 0) is 0 Å². The Kier molecular flexibility index (Phi) is 4.56. The molecule has 100 valence electrons. The number of nitrogens with two attached hydrogens (primary N) is 1. The normalized spacial score (nSPS) is 10.5. The molecule has 0 spiro atoms. The first-order valence-corrected chi connectivity index (χ1v) is 7.19. The van der Waals surface area contributed by atoms with Crippen LogP contribution in [-0.4, -0.2) is 16.2 Å². The van der Waals surface area contributed by atoms with Gasteiger partial charge in [-0.3, -0.25) is 0 Å². The van der Waals surface area contributed by atoms with Gasteiger partial charge in [0.15, 0.2) is 5.16 Å². The molecule has 0 saturated heterocycles. The number of nitrogens with zero attached hydrogens (tertiary/aromatic N) is 2. The molecule has 1 heterocycles. The predicted octanol–water partition coefficient (Wildman–Crippen LogP) is 2.91. The van der Waals surface area contributed by atoms with E-state index in [1.54, 1.807) is 6.07 Å². The molecule has 2 aromatic rings. The summed E-state index contributed by atoms with van der Waals surface area (Å²) < 4.78 is 26.4. The van der Waals surface area contributed by atoms with Crippen molar-refractivity contribution in [2.24, 2.45) is 5.84 Å². The van der Waals surface area contributed by atoms with Crippen LogP contribution >= 0.6 is 23.5 Å². The van der Waals surface area contributed by atoms with Crippen LogP contribution in [0.2, 0.25) is 0 Å². The monoisotopic (exact) mass is 300 g/mol. The van der Waals surface area contributed by atoms with Gasteiger partial charge in [0.25, 0.3) is 0 Å². The Morgan fingerprint density at radius 3 is 2.63 bits per heavy atom. The molecule has 8 heteroatoms. The van der Waals surface area contributed by atoms with E-state index in [4.69, 9.17) is 5.84 Å². The maximum atomic E-state index is 13.6. The first-order chi connectivity index (χ1) is 9.12. The molecule has 4 nitrogen and oxygen atoms in total. The number of rotatable bonds is 4. The third-order valence-electron chi connectivity index (χ3n) is 2.12. The summed E-state index contributed by atoms with van der Waals surface area (Å²) in [7, 11) is 0. The predicted molar refractivity (Wildman–Crippen MR) is 72.1 cm³/mol. The number of thioether (sulfide) groups is 1. The zero-order valence-electron chi connectivity index (χ0n) is 9.85. The first-order valence-electron chi connectivity index (χ1n) is 5.15. The number of aromatic nitrogens is 2. The maximum Gasteiger partial charge on any atom is 0.190 e. The summed E-state index contributed by atoms with van der Waals surface area (Å²) in [6.07, 6.45) is 1.82. The number of nitrogen functional groups attached to an aromatic ring is 1. The van der Waals surface area contributed by atoms with Crippen LogP contribution in [0.3, 0.4) is 0 Å². The highest BCUT2D eigenvalue weighted by atomic mass is 32.2. The number of benzene rings is 1. The lowest BCUT2D eigenvalue weighted by atomic mass is 10.3. The fourth-order valence-corrected chi connectivity index (χ4v) is 2.55. The Hall–Kier alpha value is -1.38. The second-order valence-electron chi connectivity index (χ2n) is 3.40. The van der Waals surface area contributed by atoms with Gasteiger partial charge in [0.2, 0.25) is 0 Å². The second-order valence-corrected chi connectivity index (χ2v) is 5.23. The lowest BCUT2D eigenvalue weighted by molar-refractivity contribution is 0.565. The van der Waals surface area contributed by atoms with Crippen LogP contribution < -0.4 is 11.3 Å². The summed E-state index contributed by atoms with van der Waals surface area (Å²) in [5.41, 5.74) is 2.42.